The number of hydrogen-bond acceptors (Lipinski definition) is 4. The lowest BCUT2D eigenvalue weighted by molar-refractivity contribution is -0.122. The average molecular weight is 246 g/mol. The van der Waals surface area contributed by atoms with E-state index in [1.54, 1.807) is 0 Å². The summed E-state index contributed by atoms with van der Waals surface area (Å²) in [6.07, 6.45) is 0.376. The third-order valence-corrected chi connectivity index (χ3v) is 2.85. The number of hydrogen-bond donors (Lipinski definition) is 1. The number of carbonyl (C=O) groups is 1. The first kappa shape index (κ1) is 12.8. The molecule has 1 aliphatic heterocycles. The molecular weight excluding hydrogens is 228 g/mol. The molecule has 0 aliphatic carbocycles. The van der Waals surface area contributed by atoms with Crippen LogP contribution in [0.15, 0.2) is 29.4 Å². The third kappa shape index (κ3) is 3.17. The maximum absolute atomic E-state index is 11.8. The lowest BCUT2D eigenvalue weighted by Crippen LogP contribution is -2.40. The molecule has 0 unspecified atom stereocenters. The largest absolute Gasteiger partial charge is 0.369 e. The maximum Gasteiger partial charge on any atom is 0.184 e. The molecule has 0 bridgehead atoms. The summed E-state index contributed by atoms with van der Waals surface area (Å²) in [7, 11) is 0. The number of nitrogens with one attached hydrogen (secondary N) is 1. The minimum Gasteiger partial charge on any atom is -0.369 e. The van der Waals surface area contributed by atoms with E-state index in [-0.39, 0.29) is 18.0 Å². The molecule has 0 spiro atoms. The molecule has 1 aromatic rings. The molecule has 1 aliphatic rings. The van der Waals surface area contributed by atoms with Crippen LogP contribution in [0.25, 0.3) is 0 Å². The minimum absolute atomic E-state index is 0.0476. The highest BCUT2D eigenvalue weighted by Gasteiger charge is 2.31. The van der Waals surface area contributed by atoms with Crippen molar-refractivity contribution in [1.29, 1.82) is 0 Å². The van der Waals surface area contributed by atoms with E-state index < -0.39 is 0 Å². The van der Waals surface area contributed by atoms with Gasteiger partial charge >= 0.3 is 0 Å². The third-order valence-electron chi connectivity index (χ3n) is 2.85. The Morgan fingerprint density at radius 3 is 2.83 bits per heavy atom. The van der Waals surface area contributed by atoms with Gasteiger partial charge in [0, 0.05) is 6.42 Å². The summed E-state index contributed by atoms with van der Waals surface area (Å²) in [6, 6.07) is 7.84. The van der Waals surface area contributed by atoms with Crippen LogP contribution in [-0.4, -0.2) is 23.7 Å². The van der Waals surface area contributed by atoms with Crippen LogP contribution in [0, 0.1) is 6.92 Å². The fraction of sp³-hybridized carbons (Fsp3) is 0.429. The molecule has 96 valence electrons. The number of hydrazone groups is 1. The number of rotatable bonds is 2. The van der Waals surface area contributed by atoms with Crippen LogP contribution in [0.4, 0.5) is 5.69 Å². The molecule has 4 nitrogen and oxygen atoms in total. The summed E-state index contributed by atoms with van der Waals surface area (Å²) in [5.41, 5.74) is 5.00. The first-order valence-electron chi connectivity index (χ1n) is 6.03. The van der Waals surface area contributed by atoms with Gasteiger partial charge in [-0.25, -0.2) is 0 Å². The highest BCUT2D eigenvalue weighted by atomic mass is 16.5. The Balaban J connectivity index is 2.04. The number of nitrogens with zero attached hydrogens (tertiary/aromatic N) is 1. The highest BCUT2D eigenvalue weighted by molar-refractivity contribution is 6.41. The number of carbonyl (C=O) groups excluding carboxylic acids is 1. The highest BCUT2D eigenvalue weighted by Crippen LogP contribution is 2.20. The number of aryl methyl sites for hydroxylation is 1. The first-order chi connectivity index (χ1) is 8.46. The van der Waals surface area contributed by atoms with Gasteiger partial charge in [0.25, 0.3) is 0 Å². The van der Waals surface area contributed by atoms with E-state index >= 15 is 0 Å². The molecule has 2 rings (SSSR count). The van der Waals surface area contributed by atoms with Crippen LogP contribution < -0.4 is 5.43 Å². The number of ether oxygens (including phenoxy) is 1. The summed E-state index contributed by atoms with van der Waals surface area (Å²) in [5, 5.41) is 4.13. The van der Waals surface area contributed by atoms with Crippen molar-refractivity contribution in [3.63, 3.8) is 0 Å². The Morgan fingerprint density at radius 2 is 2.17 bits per heavy atom. The van der Waals surface area contributed by atoms with Gasteiger partial charge in [0.1, 0.15) is 5.71 Å². The Kier molecular flexibility index (Phi) is 3.48. The van der Waals surface area contributed by atoms with Crippen LogP contribution in [-0.2, 0) is 9.53 Å². The van der Waals surface area contributed by atoms with Crippen LogP contribution in [0.5, 0.6) is 0 Å². The molecule has 1 N–H and O–H groups in total. The minimum atomic E-state index is -0.376. The fourth-order valence-electron chi connectivity index (χ4n) is 1.83. The number of ketones is 1. The Labute approximate surface area is 107 Å². The summed E-state index contributed by atoms with van der Waals surface area (Å²) in [4.78, 5) is 11.8. The molecule has 1 heterocycles. The fourth-order valence-corrected chi connectivity index (χ4v) is 1.83. The molecule has 0 saturated carbocycles. The van der Waals surface area contributed by atoms with E-state index in [0.29, 0.717) is 12.1 Å². The zero-order chi connectivity index (χ0) is 13.2. The van der Waals surface area contributed by atoms with Crippen LogP contribution in [0.1, 0.15) is 25.8 Å². The molecule has 0 radical (unpaired) electrons. The molecule has 0 atom stereocenters. The Morgan fingerprint density at radius 1 is 1.39 bits per heavy atom. The molecule has 0 aromatic heterocycles. The molecular formula is C14H18N2O2. The summed E-state index contributed by atoms with van der Waals surface area (Å²) >= 11 is 0. The first-order valence-corrected chi connectivity index (χ1v) is 6.03. The van der Waals surface area contributed by atoms with Gasteiger partial charge in [-0.1, -0.05) is 12.1 Å². The maximum atomic E-state index is 11.8. The van der Waals surface area contributed by atoms with Crippen molar-refractivity contribution >= 4 is 17.2 Å². The van der Waals surface area contributed by atoms with Crippen molar-refractivity contribution in [3.05, 3.63) is 29.8 Å². The molecule has 0 amide bonds. The van der Waals surface area contributed by atoms with Gasteiger partial charge in [-0.2, -0.15) is 5.10 Å². The zero-order valence-electron chi connectivity index (χ0n) is 11.0. The average Bonchev–Trinajstić information content (AvgIpc) is 2.27. The van der Waals surface area contributed by atoms with Crippen molar-refractivity contribution in [3.8, 4) is 0 Å². The standard InChI is InChI=1S/C14H18N2O2/c1-10-5-4-6-11(7-10)15-16-12-9-18-14(2,3)8-13(12)17/h4-7,15H,8-9H2,1-3H3/b16-12+. The second-order valence-corrected chi connectivity index (χ2v) is 5.19. The Hall–Kier alpha value is -1.68. The predicted molar refractivity (Wildman–Crippen MR) is 71.9 cm³/mol. The predicted octanol–water partition coefficient (Wildman–Crippen LogP) is 2.53. The number of Topliss-reactive ketones (excluding diaryl/α,β-unsaturated/α-hetero) is 1. The van der Waals surface area contributed by atoms with Gasteiger partial charge < -0.3 is 4.74 Å². The topological polar surface area (TPSA) is 50.7 Å². The van der Waals surface area contributed by atoms with E-state index in [1.165, 1.54) is 0 Å². The van der Waals surface area contributed by atoms with Gasteiger partial charge in [0.15, 0.2) is 5.78 Å². The van der Waals surface area contributed by atoms with Crippen molar-refractivity contribution in [2.45, 2.75) is 32.8 Å². The van der Waals surface area contributed by atoms with Crippen LogP contribution >= 0.6 is 0 Å². The van der Waals surface area contributed by atoms with Gasteiger partial charge in [-0.05, 0) is 38.5 Å². The van der Waals surface area contributed by atoms with Gasteiger partial charge in [-0.3, -0.25) is 10.2 Å². The van der Waals surface area contributed by atoms with Crippen molar-refractivity contribution in [1.82, 2.24) is 0 Å². The number of benzene rings is 1. The molecule has 18 heavy (non-hydrogen) atoms. The van der Waals surface area contributed by atoms with Gasteiger partial charge in [0.2, 0.25) is 0 Å². The number of anilines is 1. The van der Waals surface area contributed by atoms with E-state index in [1.807, 2.05) is 45.0 Å². The lowest BCUT2D eigenvalue weighted by Gasteiger charge is -2.29. The van der Waals surface area contributed by atoms with Crippen molar-refractivity contribution < 1.29 is 9.53 Å². The molecule has 1 fully saturated rings. The second kappa shape index (κ2) is 4.90. The summed E-state index contributed by atoms with van der Waals surface area (Å²) in [5.74, 6) is 0.0476. The quantitative estimate of drug-likeness (QED) is 0.816. The molecule has 1 aromatic carbocycles. The zero-order valence-corrected chi connectivity index (χ0v) is 11.0. The monoisotopic (exact) mass is 246 g/mol. The van der Waals surface area contributed by atoms with E-state index in [9.17, 15) is 4.79 Å². The van der Waals surface area contributed by atoms with Crippen molar-refractivity contribution in [2.24, 2.45) is 5.10 Å². The normalized spacial score (nSPS) is 21.1. The second-order valence-electron chi connectivity index (χ2n) is 5.19. The van der Waals surface area contributed by atoms with Crippen LogP contribution in [0.3, 0.4) is 0 Å². The van der Waals surface area contributed by atoms with E-state index in [4.69, 9.17) is 4.74 Å². The van der Waals surface area contributed by atoms with E-state index in [2.05, 4.69) is 10.5 Å². The molecule has 1 saturated heterocycles. The van der Waals surface area contributed by atoms with E-state index in [0.717, 1.165) is 11.3 Å². The Bertz CT molecular complexity index is 492. The summed E-state index contributed by atoms with van der Waals surface area (Å²) < 4.78 is 5.57. The lowest BCUT2D eigenvalue weighted by atomic mass is 9.96. The van der Waals surface area contributed by atoms with Crippen molar-refractivity contribution in [2.75, 3.05) is 12.0 Å². The van der Waals surface area contributed by atoms with Gasteiger partial charge in [-0.15, -0.1) is 0 Å². The molecule has 4 heteroatoms. The van der Waals surface area contributed by atoms with Crippen LogP contribution in [0.2, 0.25) is 0 Å². The SMILES string of the molecule is Cc1cccc(N/N=C2\COC(C)(C)CC2=O)c1. The smallest absolute Gasteiger partial charge is 0.184 e. The summed E-state index contributed by atoms with van der Waals surface area (Å²) in [6.45, 7) is 6.10. The van der Waals surface area contributed by atoms with Gasteiger partial charge in [0.05, 0.1) is 17.9 Å².